The zero-order valence-electron chi connectivity index (χ0n) is 33.9. The lowest BCUT2D eigenvalue weighted by Crippen LogP contribution is -2.24. The number of ether oxygens (including phenoxy) is 4. The van der Waals surface area contributed by atoms with Crippen molar-refractivity contribution in [3.05, 3.63) is 131 Å². The number of pyridine rings is 2. The molecule has 308 valence electrons. The third-order valence-electron chi connectivity index (χ3n) is 11.3. The molecule has 10 rings (SSSR count). The minimum absolute atomic E-state index is 0.0331. The molecule has 14 heteroatoms. The van der Waals surface area contributed by atoms with Crippen LogP contribution in [0.4, 0.5) is 0 Å². The number of hydrogen-bond donors (Lipinski definition) is 0. The summed E-state index contributed by atoms with van der Waals surface area (Å²) in [5.74, 6) is 0.769. The van der Waals surface area contributed by atoms with Crippen molar-refractivity contribution in [3.63, 3.8) is 0 Å². The number of aromatic nitrogens is 6. The number of hydrogen-bond acceptors (Lipinski definition) is 10. The predicted octanol–water partition coefficient (Wildman–Crippen LogP) is 6.39. The summed E-state index contributed by atoms with van der Waals surface area (Å²) >= 11 is 0. The summed E-state index contributed by atoms with van der Waals surface area (Å²) in [5.41, 5.74) is 9.23. The van der Waals surface area contributed by atoms with Gasteiger partial charge < -0.3 is 28.7 Å². The second-order valence-corrected chi connectivity index (χ2v) is 15.7. The monoisotopic (exact) mass is 808 g/mol. The van der Waals surface area contributed by atoms with Crippen LogP contribution in [-0.4, -0.2) is 89.8 Å². The Morgan fingerprint density at radius 1 is 0.600 bits per heavy atom. The first-order chi connectivity index (χ1) is 29.3. The van der Waals surface area contributed by atoms with Gasteiger partial charge in [0.25, 0.3) is 11.8 Å². The fourth-order valence-electron chi connectivity index (χ4n) is 8.06. The van der Waals surface area contributed by atoms with E-state index in [-0.39, 0.29) is 24.0 Å². The second kappa shape index (κ2) is 17.5. The quantitative estimate of drug-likeness (QED) is 0.137. The van der Waals surface area contributed by atoms with E-state index in [0.717, 1.165) is 83.7 Å². The fraction of sp³-hybridized carbons (Fsp3) is 0.348. The van der Waals surface area contributed by atoms with E-state index < -0.39 is 0 Å². The van der Waals surface area contributed by atoms with Crippen LogP contribution in [0.2, 0.25) is 0 Å². The summed E-state index contributed by atoms with van der Waals surface area (Å²) in [6, 6.07) is 24.1. The van der Waals surface area contributed by atoms with E-state index >= 15 is 0 Å². The summed E-state index contributed by atoms with van der Waals surface area (Å²) in [6.45, 7) is 4.64. The molecule has 0 unspecified atom stereocenters. The van der Waals surface area contributed by atoms with Gasteiger partial charge in [-0.05, 0) is 72.2 Å². The van der Waals surface area contributed by atoms with Crippen LogP contribution in [0.1, 0.15) is 68.7 Å². The van der Waals surface area contributed by atoms with Crippen LogP contribution < -0.4 is 9.47 Å². The standard InChI is InChI=1S/2C23H24N4O3/c2*1-26-11-9-20(25-26)17-6-4-16(5-7-17)13-27-14-18-8-10-24-22(21(18)23(27)28)30-15-19-3-2-12-29-19/h2*4-11,19H,2-3,12-15H2,1H3/t2*19-/m10/s1. The van der Waals surface area contributed by atoms with Crippen molar-refractivity contribution in [1.29, 1.82) is 0 Å². The molecule has 0 aliphatic carbocycles. The lowest BCUT2D eigenvalue weighted by Gasteiger charge is -2.16. The summed E-state index contributed by atoms with van der Waals surface area (Å²) in [5, 5.41) is 8.86. The lowest BCUT2D eigenvalue weighted by molar-refractivity contribution is 0.0643. The Balaban J connectivity index is 0.000000154. The lowest BCUT2D eigenvalue weighted by atomic mass is 10.1. The highest BCUT2D eigenvalue weighted by atomic mass is 16.5. The molecule has 0 radical (unpaired) electrons. The predicted molar refractivity (Wildman–Crippen MR) is 222 cm³/mol. The van der Waals surface area contributed by atoms with Gasteiger partial charge in [0.05, 0.1) is 23.6 Å². The Hall–Kier alpha value is -6.38. The normalized spacial score (nSPS) is 18.1. The molecule has 60 heavy (non-hydrogen) atoms. The van der Waals surface area contributed by atoms with Crippen molar-refractivity contribution in [2.45, 2.75) is 64.1 Å². The number of nitrogens with zero attached hydrogens (tertiary/aromatic N) is 8. The molecular weight excluding hydrogens is 761 g/mol. The smallest absolute Gasteiger partial charge is 0.260 e. The Labute approximate surface area is 348 Å². The van der Waals surface area contributed by atoms with Gasteiger partial charge in [0.1, 0.15) is 24.3 Å². The number of benzene rings is 2. The van der Waals surface area contributed by atoms with Gasteiger partial charge in [-0.2, -0.15) is 10.2 Å². The van der Waals surface area contributed by atoms with Crippen molar-refractivity contribution < 1.29 is 28.5 Å². The minimum Gasteiger partial charge on any atom is -0.474 e. The van der Waals surface area contributed by atoms with Crippen LogP contribution in [0.15, 0.2) is 97.6 Å². The molecule has 4 aliphatic rings. The first-order valence-corrected chi connectivity index (χ1v) is 20.6. The molecule has 2 saturated heterocycles. The van der Waals surface area contributed by atoms with Gasteiger partial charge in [0, 0.05) is 89.4 Å². The number of rotatable bonds is 12. The molecule has 2 amide bonds. The highest BCUT2D eigenvalue weighted by Gasteiger charge is 2.33. The summed E-state index contributed by atoms with van der Waals surface area (Å²) in [4.78, 5) is 38.4. The molecule has 6 aromatic rings. The van der Waals surface area contributed by atoms with Crippen molar-refractivity contribution in [1.82, 2.24) is 39.3 Å². The average Bonchev–Trinajstić information content (AvgIpc) is 4.14. The second-order valence-electron chi connectivity index (χ2n) is 15.7. The third-order valence-corrected chi connectivity index (χ3v) is 11.3. The van der Waals surface area contributed by atoms with Crippen molar-refractivity contribution in [2.24, 2.45) is 14.1 Å². The molecule has 8 heterocycles. The number of carbonyl (C=O) groups excluding carboxylic acids is 2. The minimum atomic E-state index is -0.0331. The molecule has 2 atom stereocenters. The van der Waals surface area contributed by atoms with Gasteiger partial charge in [0.15, 0.2) is 0 Å². The van der Waals surface area contributed by atoms with Gasteiger partial charge in [-0.1, -0.05) is 48.5 Å². The van der Waals surface area contributed by atoms with E-state index in [4.69, 9.17) is 18.9 Å². The van der Waals surface area contributed by atoms with Crippen molar-refractivity contribution in [2.75, 3.05) is 26.4 Å². The molecule has 0 spiro atoms. The molecule has 14 nitrogen and oxygen atoms in total. The Morgan fingerprint density at radius 3 is 1.40 bits per heavy atom. The number of fused-ring (bicyclic) bond motifs is 2. The number of amides is 2. The van der Waals surface area contributed by atoms with Crippen LogP contribution in [0, 0.1) is 0 Å². The van der Waals surface area contributed by atoms with Gasteiger partial charge in [0.2, 0.25) is 11.8 Å². The van der Waals surface area contributed by atoms with Gasteiger partial charge >= 0.3 is 0 Å². The largest absolute Gasteiger partial charge is 0.474 e. The Kier molecular flexibility index (Phi) is 11.4. The number of carbonyl (C=O) groups is 2. The highest BCUT2D eigenvalue weighted by Crippen LogP contribution is 2.33. The summed E-state index contributed by atoms with van der Waals surface area (Å²) in [6.07, 6.45) is 11.5. The molecule has 2 fully saturated rings. The van der Waals surface area contributed by atoms with Crippen LogP contribution in [0.25, 0.3) is 22.5 Å². The molecule has 0 saturated carbocycles. The Morgan fingerprint density at radius 2 is 1.03 bits per heavy atom. The maximum Gasteiger partial charge on any atom is 0.260 e. The molecule has 4 aromatic heterocycles. The van der Waals surface area contributed by atoms with Crippen LogP contribution in [-0.2, 0) is 49.7 Å². The maximum absolute atomic E-state index is 13.1. The van der Waals surface area contributed by atoms with E-state index in [0.29, 0.717) is 62.3 Å². The molecule has 2 aromatic carbocycles. The Bertz CT molecular complexity index is 2280. The fourth-order valence-corrected chi connectivity index (χ4v) is 8.06. The van der Waals surface area contributed by atoms with E-state index in [2.05, 4.69) is 20.2 Å². The van der Waals surface area contributed by atoms with Crippen LogP contribution in [0.3, 0.4) is 0 Å². The van der Waals surface area contributed by atoms with E-state index in [9.17, 15) is 9.59 Å². The molecule has 0 N–H and O–H groups in total. The third kappa shape index (κ3) is 8.66. The van der Waals surface area contributed by atoms with Crippen LogP contribution >= 0.6 is 0 Å². The van der Waals surface area contributed by atoms with Gasteiger partial charge in [-0.25, -0.2) is 9.97 Å². The van der Waals surface area contributed by atoms with Crippen LogP contribution in [0.5, 0.6) is 11.8 Å². The first-order valence-electron chi connectivity index (χ1n) is 20.6. The van der Waals surface area contributed by atoms with Gasteiger partial charge in [-0.3, -0.25) is 19.0 Å². The zero-order valence-corrected chi connectivity index (χ0v) is 33.9. The molecular formula is C46H48N8O6. The van der Waals surface area contributed by atoms with E-state index in [1.165, 1.54) is 0 Å². The van der Waals surface area contributed by atoms with E-state index in [1.54, 1.807) is 21.8 Å². The highest BCUT2D eigenvalue weighted by molar-refractivity contribution is 6.01. The molecule has 0 bridgehead atoms. The number of aryl methyl sites for hydroxylation is 2. The van der Waals surface area contributed by atoms with Crippen molar-refractivity contribution >= 4 is 11.8 Å². The maximum atomic E-state index is 13.1. The SMILES string of the molecule is Cn1ccc(-c2ccc(CN3Cc4ccnc(OC[C@@H]5CCCO5)c4C3=O)cc2)n1.Cn1ccc(-c2ccc(CN3Cc4ccnc(OC[C@H]5CCCO5)c4C3=O)cc2)n1. The van der Waals surface area contributed by atoms with Gasteiger partial charge in [-0.15, -0.1) is 0 Å². The summed E-state index contributed by atoms with van der Waals surface area (Å²) < 4.78 is 26.5. The topological polar surface area (TPSA) is 139 Å². The molecule has 4 aliphatic heterocycles. The first kappa shape index (κ1) is 39.1. The zero-order chi connectivity index (χ0) is 41.0. The van der Waals surface area contributed by atoms with Crippen molar-refractivity contribution in [3.8, 4) is 34.3 Å². The summed E-state index contributed by atoms with van der Waals surface area (Å²) in [7, 11) is 3.81. The average molecular weight is 809 g/mol. The van der Waals surface area contributed by atoms with E-state index in [1.807, 2.05) is 109 Å².